The highest BCUT2D eigenvalue weighted by molar-refractivity contribution is 7.89. The summed E-state index contributed by atoms with van der Waals surface area (Å²) in [5, 5.41) is 5.12. The molecule has 2 amide bonds. The van der Waals surface area contributed by atoms with Gasteiger partial charge in [0.05, 0.1) is 17.7 Å². The highest BCUT2D eigenvalue weighted by Gasteiger charge is 2.17. The standard InChI is InChI=1S/C18H19F2N3O5S/c1-11(24)22-16-9-12(3-6-17(16)28-2)23-18(25)7-8-21-29(26,27)13-4-5-14(19)15(20)10-13/h3-6,9-10,21H,7-8H2,1-2H3,(H,22,24)(H,23,25). The van der Waals surface area contributed by atoms with Crippen LogP contribution in [0, 0.1) is 11.6 Å². The fraction of sp³-hybridized carbons (Fsp3) is 0.222. The van der Waals surface area contributed by atoms with Crippen molar-refractivity contribution in [1.29, 1.82) is 0 Å². The topological polar surface area (TPSA) is 114 Å². The van der Waals surface area contributed by atoms with Crippen LogP contribution in [0.4, 0.5) is 20.2 Å². The lowest BCUT2D eigenvalue weighted by Gasteiger charge is -2.12. The first kappa shape index (κ1) is 22.2. The van der Waals surface area contributed by atoms with Gasteiger partial charge in [0.25, 0.3) is 0 Å². The van der Waals surface area contributed by atoms with Gasteiger partial charge < -0.3 is 15.4 Å². The second-order valence-corrected chi connectivity index (χ2v) is 7.64. The molecule has 2 aromatic carbocycles. The van der Waals surface area contributed by atoms with E-state index in [-0.39, 0.29) is 18.9 Å². The molecule has 2 aromatic rings. The van der Waals surface area contributed by atoms with E-state index in [1.54, 1.807) is 12.1 Å². The van der Waals surface area contributed by atoms with Crippen LogP contribution in [-0.4, -0.2) is 33.9 Å². The predicted molar refractivity (Wildman–Crippen MR) is 102 cm³/mol. The zero-order valence-corrected chi connectivity index (χ0v) is 16.4. The SMILES string of the molecule is COc1ccc(NC(=O)CCNS(=O)(=O)c2ccc(F)c(F)c2)cc1NC(C)=O. The lowest BCUT2D eigenvalue weighted by atomic mass is 10.2. The number of hydrogen-bond donors (Lipinski definition) is 3. The molecule has 0 fully saturated rings. The molecule has 0 radical (unpaired) electrons. The third-order valence-electron chi connectivity index (χ3n) is 3.64. The highest BCUT2D eigenvalue weighted by Crippen LogP contribution is 2.27. The lowest BCUT2D eigenvalue weighted by molar-refractivity contribution is -0.116. The molecular formula is C18H19F2N3O5S. The van der Waals surface area contributed by atoms with Crippen molar-refractivity contribution in [2.24, 2.45) is 0 Å². The average molecular weight is 427 g/mol. The van der Waals surface area contributed by atoms with E-state index in [1.165, 1.54) is 20.1 Å². The molecule has 0 bridgehead atoms. The van der Waals surface area contributed by atoms with Gasteiger partial charge in [0, 0.05) is 25.6 Å². The number of amides is 2. The van der Waals surface area contributed by atoms with Crippen molar-refractivity contribution in [2.75, 3.05) is 24.3 Å². The maximum atomic E-state index is 13.2. The Bertz CT molecular complexity index is 1030. The molecule has 0 aromatic heterocycles. The Kier molecular flexibility index (Phi) is 7.23. The van der Waals surface area contributed by atoms with Crippen LogP contribution in [-0.2, 0) is 19.6 Å². The van der Waals surface area contributed by atoms with Crippen molar-refractivity contribution in [3.8, 4) is 5.75 Å². The molecular weight excluding hydrogens is 408 g/mol. The number of rotatable bonds is 8. The van der Waals surface area contributed by atoms with Gasteiger partial charge in [-0.2, -0.15) is 0 Å². The van der Waals surface area contributed by atoms with Crippen LogP contribution in [0.2, 0.25) is 0 Å². The Morgan fingerprint density at radius 1 is 1.03 bits per heavy atom. The van der Waals surface area contributed by atoms with E-state index in [2.05, 4.69) is 15.4 Å². The van der Waals surface area contributed by atoms with Crippen molar-refractivity contribution >= 4 is 33.2 Å². The molecule has 0 spiro atoms. The van der Waals surface area contributed by atoms with E-state index in [4.69, 9.17) is 4.74 Å². The second kappa shape index (κ2) is 9.43. The molecule has 0 aliphatic heterocycles. The van der Waals surface area contributed by atoms with E-state index in [0.29, 0.717) is 29.3 Å². The van der Waals surface area contributed by atoms with Gasteiger partial charge in [-0.05, 0) is 36.4 Å². The number of carbonyl (C=O) groups excluding carboxylic acids is 2. The molecule has 0 aliphatic carbocycles. The van der Waals surface area contributed by atoms with Crippen LogP contribution >= 0.6 is 0 Å². The average Bonchev–Trinajstić information content (AvgIpc) is 2.63. The third kappa shape index (κ3) is 6.22. The smallest absolute Gasteiger partial charge is 0.240 e. The molecule has 29 heavy (non-hydrogen) atoms. The second-order valence-electron chi connectivity index (χ2n) is 5.87. The van der Waals surface area contributed by atoms with Gasteiger partial charge in [-0.25, -0.2) is 21.9 Å². The number of methoxy groups -OCH3 is 1. The van der Waals surface area contributed by atoms with E-state index >= 15 is 0 Å². The minimum absolute atomic E-state index is 0.218. The normalized spacial score (nSPS) is 11.0. The fourth-order valence-electron chi connectivity index (χ4n) is 2.32. The number of hydrogen-bond acceptors (Lipinski definition) is 5. The number of halogens is 2. The van der Waals surface area contributed by atoms with Crippen molar-refractivity contribution < 1.29 is 31.5 Å². The molecule has 2 rings (SSSR count). The Labute approximate surface area is 166 Å². The number of ether oxygens (including phenoxy) is 1. The van der Waals surface area contributed by atoms with Crippen molar-refractivity contribution in [3.05, 3.63) is 48.0 Å². The Morgan fingerprint density at radius 3 is 2.38 bits per heavy atom. The van der Waals surface area contributed by atoms with Crippen LogP contribution in [0.3, 0.4) is 0 Å². The lowest BCUT2D eigenvalue weighted by Crippen LogP contribution is -2.28. The van der Waals surface area contributed by atoms with Gasteiger partial charge in [0.15, 0.2) is 11.6 Å². The first-order chi connectivity index (χ1) is 13.6. The summed E-state index contributed by atoms with van der Waals surface area (Å²) >= 11 is 0. The molecule has 3 N–H and O–H groups in total. The molecule has 0 aliphatic rings. The van der Waals surface area contributed by atoms with Crippen LogP contribution < -0.4 is 20.1 Å². The van der Waals surface area contributed by atoms with Gasteiger partial charge in [0.2, 0.25) is 21.8 Å². The summed E-state index contributed by atoms with van der Waals surface area (Å²) in [5.41, 5.74) is 0.722. The molecule has 156 valence electrons. The molecule has 8 nitrogen and oxygen atoms in total. The number of benzene rings is 2. The minimum atomic E-state index is -4.10. The molecule has 0 saturated carbocycles. The number of nitrogens with one attached hydrogen (secondary N) is 3. The van der Waals surface area contributed by atoms with Crippen LogP contribution in [0.5, 0.6) is 5.75 Å². The Hall–Kier alpha value is -3.05. The van der Waals surface area contributed by atoms with Crippen molar-refractivity contribution in [2.45, 2.75) is 18.2 Å². The fourth-order valence-corrected chi connectivity index (χ4v) is 3.37. The summed E-state index contributed by atoms with van der Waals surface area (Å²) in [7, 11) is -2.67. The van der Waals surface area contributed by atoms with Crippen LogP contribution in [0.15, 0.2) is 41.3 Å². The van der Waals surface area contributed by atoms with Gasteiger partial charge in [-0.3, -0.25) is 9.59 Å². The Morgan fingerprint density at radius 2 is 1.76 bits per heavy atom. The summed E-state index contributed by atoms with van der Waals surface area (Å²) < 4.78 is 57.5. The summed E-state index contributed by atoms with van der Waals surface area (Å²) in [6, 6.07) is 6.76. The van der Waals surface area contributed by atoms with E-state index < -0.39 is 32.5 Å². The monoisotopic (exact) mass is 427 g/mol. The molecule has 0 heterocycles. The number of carbonyl (C=O) groups is 2. The maximum absolute atomic E-state index is 13.2. The predicted octanol–water partition coefficient (Wildman–Crippen LogP) is 2.24. The summed E-state index contributed by atoms with van der Waals surface area (Å²) in [4.78, 5) is 22.8. The largest absolute Gasteiger partial charge is 0.495 e. The zero-order chi connectivity index (χ0) is 21.6. The first-order valence-electron chi connectivity index (χ1n) is 8.32. The van der Waals surface area contributed by atoms with E-state index in [9.17, 15) is 26.8 Å². The van der Waals surface area contributed by atoms with Gasteiger partial charge in [-0.1, -0.05) is 0 Å². The number of anilines is 2. The highest BCUT2D eigenvalue weighted by atomic mass is 32.2. The molecule has 0 saturated heterocycles. The molecule has 11 heteroatoms. The number of sulfonamides is 1. The van der Waals surface area contributed by atoms with Gasteiger partial charge in [-0.15, -0.1) is 0 Å². The quantitative estimate of drug-likeness (QED) is 0.598. The maximum Gasteiger partial charge on any atom is 0.240 e. The summed E-state index contributed by atoms with van der Waals surface area (Å²) in [6.45, 7) is 1.06. The molecule has 0 unspecified atom stereocenters. The molecule has 0 atom stereocenters. The van der Waals surface area contributed by atoms with E-state index in [1.807, 2.05) is 0 Å². The third-order valence-corrected chi connectivity index (χ3v) is 5.10. The minimum Gasteiger partial charge on any atom is -0.495 e. The van der Waals surface area contributed by atoms with Crippen LogP contribution in [0.1, 0.15) is 13.3 Å². The van der Waals surface area contributed by atoms with Gasteiger partial charge >= 0.3 is 0 Å². The zero-order valence-electron chi connectivity index (χ0n) is 15.6. The van der Waals surface area contributed by atoms with Gasteiger partial charge in [0.1, 0.15) is 5.75 Å². The summed E-state index contributed by atoms with van der Waals surface area (Å²) in [5.74, 6) is -2.88. The van der Waals surface area contributed by atoms with Crippen molar-refractivity contribution in [1.82, 2.24) is 4.72 Å². The first-order valence-corrected chi connectivity index (χ1v) is 9.81. The van der Waals surface area contributed by atoms with Crippen molar-refractivity contribution in [3.63, 3.8) is 0 Å². The Balaban J connectivity index is 1.96. The van der Waals surface area contributed by atoms with Crippen LogP contribution in [0.25, 0.3) is 0 Å². The van der Waals surface area contributed by atoms with E-state index in [0.717, 1.165) is 6.07 Å². The summed E-state index contributed by atoms with van der Waals surface area (Å²) in [6.07, 6.45) is -0.218.